The quantitative estimate of drug-likeness (QED) is 0.714. The number of aliphatic hydroxyl groups is 1. The Morgan fingerprint density at radius 2 is 2.20 bits per heavy atom. The van der Waals surface area contributed by atoms with Crippen molar-refractivity contribution in [1.82, 2.24) is 10.2 Å². The molecular formula is C9H16ClN3O2. The maximum atomic E-state index is 8.88. The molecule has 0 aliphatic rings. The van der Waals surface area contributed by atoms with Gasteiger partial charge in [0.1, 0.15) is 0 Å². The number of hydrogen-bond donors (Lipinski definition) is 1. The van der Waals surface area contributed by atoms with Gasteiger partial charge in [-0.25, -0.2) is 0 Å². The van der Waals surface area contributed by atoms with E-state index in [2.05, 4.69) is 17.1 Å². The lowest BCUT2D eigenvalue weighted by molar-refractivity contribution is 0.298. The van der Waals surface area contributed by atoms with Crippen LogP contribution in [0.1, 0.15) is 19.2 Å². The molecule has 86 valence electrons. The molecular weight excluding hydrogens is 218 g/mol. The highest BCUT2D eigenvalue weighted by Crippen LogP contribution is 2.12. The van der Waals surface area contributed by atoms with Crippen molar-refractivity contribution in [3.63, 3.8) is 0 Å². The van der Waals surface area contributed by atoms with Gasteiger partial charge in [-0.1, -0.05) is 12.0 Å². The van der Waals surface area contributed by atoms with Crippen LogP contribution >= 0.6 is 11.6 Å². The molecule has 1 heterocycles. The minimum atomic E-state index is 0.0766. The molecule has 0 atom stereocenters. The summed E-state index contributed by atoms with van der Waals surface area (Å²) in [6.45, 7) is 3.44. The fourth-order valence-electron chi connectivity index (χ4n) is 1.25. The number of rotatable bonds is 7. The first kappa shape index (κ1) is 12.3. The Labute approximate surface area is 94.0 Å². The third kappa shape index (κ3) is 3.68. The Kier molecular flexibility index (Phi) is 5.42. The van der Waals surface area contributed by atoms with E-state index in [1.54, 1.807) is 0 Å². The molecule has 0 bridgehead atoms. The number of nitrogens with zero attached hydrogens (tertiary/aromatic N) is 3. The first-order chi connectivity index (χ1) is 7.31. The van der Waals surface area contributed by atoms with Gasteiger partial charge in [-0.15, -0.1) is 16.7 Å². The molecule has 0 saturated heterocycles. The summed E-state index contributed by atoms with van der Waals surface area (Å²) in [5.41, 5.74) is 0. The fourth-order valence-corrected chi connectivity index (χ4v) is 1.41. The first-order valence-corrected chi connectivity index (χ1v) is 5.59. The summed E-state index contributed by atoms with van der Waals surface area (Å²) in [6.07, 6.45) is 1.54. The molecule has 0 unspecified atom stereocenters. The molecule has 0 fully saturated rings. The van der Waals surface area contributed by atoms with Crippen LogP contribution in [0.3, 0.4) is 0 Å². The molecule has 0 aliphatic heterocycles. The minimum absolute atomic E-state index is 0.0766. The molecule has 0 radical (unpaired) electrons. The zero-order chi connectivity index (χ0) is 11.1. The van der Waals surface area contributed by atoms with Crippen LogP contribution in [0.4, 0.5) is 6.01 Å². The number of aliphatic hydroxyl groups excluding tert-OH is 1. The van der Waals surface area contributed by atoms with Gasteiger partial charge >= 0.3 is 6.01 Å². The van der Waals surface area contributed by atoms with Crippen LogP contribution in [-0.2, 0) is 6.42 Å². The maximum absolute atomic E-state index is 8.88. The van der Waals surface area contributed by atoms with Crippen molar-refractivity contribution in [3.8, 4) is 0 Å². The SMILES string of the molecule is CCCN(CCO)c1nnc(CCCl)o1. The lowest BCUT2D eigenvalue weighted by Gasteiger charge is -2.17. The number of anilines is 1. The second kappa shape index (κ2) is 6.63. The molecule has 1 N–H and O–H groups in total. The van der Waals surface area contributed by atoms with Gasteiger partial charge in [0, 0.05) is 25.4 Å². The van der Waals surface area contributed by atoms with Crippen molar-refractivity contribution in [2.75, 3.05) is 30.5 Å². The van der Waals surface area contributed by atoms with Gasteiger partial charge in [-0.2, -0.15) is 0 Å². The van der Waals surface area contributed by atoms with Gasteiger partial charge in [0.15, 0.2) is 0 Å². The minimum Gasteiger partial charge on any atom is -0.408 e. The standard InChI is InChI=1S/C9H16ClN3O2/c1-2-5-13(6-7-14)9-12-11-8(15-9)3-4-10/h14H,2-7H2,1H3. The van der Waals surface area contributed by atoms with Crippen LogP contribution in [0.5, 0.6) is 0 Å². The highest BCUT2D eigenvalue weighted by Gasteiger charge is 2.12. The van der Waals surface area contributed by atoms with E-state index in [0.717, 1.165) is 13.0 Å². The van der Waals surface area contributed by atoms with Gasteiger partial charge in [-0.3, -0.25) is 0 Å². The van der Waals surface area contributed by atoms with E-state index in [-0.39, 0.29) is 6.61 Å². The normalized spacial score (nSPS) is 10.6. The molecule has 6 heteroatoms. The molecule has 0 aromatic carbocycles. The van der Waals surface area contributed by atoms with Crippen LogP contribution in [0.15, 0.2) is 4.42 Å². The zero-order valence-corrected chi connectivity index (χ0v) is 9.57. The summed E-state index contributed by atoms with van der Waals surface area (Å²) in [4.78, 5) is 1.87. The lowest BCUT2D eigenvalue weighted by Crippen LogP contribution is -2.27. The number of aryl methyl sites for hydroxylation is 1. The molecule has 1 aromatic rings. The molecule has 0 aliphatic carbocycles. The van der Waals surface area contributed by atoms with E-state index in [9.17, 15) is 0 Å². The summed E-state index contributed by atoms with van der Waals surface area (Å²) in [7, 11) is 0. The van der Waals surface area contributed by atoms with Crippen LogP contribution in [0, 0.1) is 0 Å². The van der Waals surface area contributed by atoms with Gasteiger partial charge in [0.2, 0.25) is 5.89 Å². The van der Waals surface area contributed by atoms with E-state index in [1.807, 2.05) is 4.90 Å². The predicted molar refractivity (Wildman–Crippen MR) is 58.3 cm³/mol. The highest BCUT2D eigenvalue weighted by atomic mass is 35.5. The highest BCUT2D eigenvalue weighted by molar-refractivity contribution is 6.17. The molecule has 5 nitrogen and oxygen atoms in total. The van der Waals surface area contributed by atoms with Crippen LogP contribution in [-0.4, -0.2) is 40.9 Å². The first-order valence-electron chi connectivity index (χ1n) is 5.06. The largest absolute Gasteiger partial charge is 0.408 e. The van der Waals surface area contributed by atoms with Crippen molar-refractivity contribution in [2.24, 2.45) is 0 Å². The van der Waals surface area contributed by atoms with Crippen LogP contribution in [0.25, 0.3) is 0 Å². The zero-order valence-electron chi connectivity index (χ0n) is 8.82. The predicted octanol–water partition coefficient (Wildman–Crippen LogP) is 1.06. The number of halogens is 1. The Hall–Kier alpha value is -0.810. The fraction of sp³-hybridized carbons (Fsp3) is 0.778. The van der Waals surface area contributed by atoms with Crippen LogP contribution in [0.2, 0.25) is 0 Å². The summed E-state index contributed by atoms with van der Waals surface area (Å²) in [6, 6.07) is 0.464. The second-order valence-electron chi connectivity index (χ2n) is 3.13. The monoisotopic (exact) mass is 233 g/mol. The Morgan fingerprint density at radius 1 is 1.40 bits per heavy atom. The second-order valence-corrected chi connectivity index (χ2v) is 3.51. The van der Waals surface area contributed by atoms with Gasteiger partial charge in [-0.05, 0) is 6.42 Å². The van der Waals surface area contributed by atoms with E-state index in [0.29, 0.717) is 30.8 Å². The molecule has 15 heavy (non-hydrogen) atoms. The van der Waals surface area contributed by atoms with Gasteiger partial charge in [0.05, 0.1) is 6.61 Å². The maximum Gasteiger partial charge on any atom is 0.318 e. The average Bonchev–Trinajstić information content (AvgIpc) is 2.67. The van der Waals surface area contributed by atoms with E-state index in [1.165, 1.54) is 0 Å². The Morgan fingerprint density at radius 3 is 2.80 bits per heavy atom. The molecule has 1 rings (SSSR count). The Bertz CT molecular complexity index is 274. The lowest BCUT2D eigenvalue weighted by atomic mass is 10.4. The average molecular weight is 234 g/mol. The number of hydrogen-bond acceptors (Lipinski definition) is 5. The van der Waals surface area contributed by atoms with Crippen molar-refractivity contribution in [2.45, 2.75) is 19.8 Å². The number of alkyl halides is 1. The third-order valence-electron chi connectivity index (χ3n) is 1.90. The summed E-state index contributed by atoms with van der Waals surface area (Å²) in [5.74, 6) is 1.01. The van der Waals surface area contributed by atoms with Crippen molar-refractivity contribution in [1.29, 1.82) is 0 Å². The van der Waals surface area contributed by atoms with Crippen molar-refractivity contribution < 1.29 is 9.52 Å². The van der Waals surface area contributed by atoms with Gasteiger partial charge in [0.25, 0.3) is 0 Å². The number of aromatic nitrogens is 2. The van der Waals surface area contributed by atoms with E-state index in [4.69, 9.17) is 21.1 Å². The van der Waals surface area contributed by atoms with E-state index < -0.39 is 0 Å². The molecule has 0 spiro atoms. The summed E-state index contributed by atoms with van der Waals surface area (Å²) >= 11 is 5.57. The molecule has 0 amide bonds. The van der Waals surface area contributed by atoms with E-state index >= 15 is 0 Å². The topological polar surface area (TPSA) is 62.4 Å². The third-order valence-corrected chi connectivity index (χ3v) is 2.09. The Balaban J connectivity index is 2.63. The summed E-state index contributed by atoms with van der Waals surface area (Å²) in [5, 5.41) is 16.7. The van der Waals surface area contributed by atoms with Crippen molar-refractivity contribution in [3.05, 3.63) is 5.89 Å². The van der Waals surface area contributed by atoms with Gasteiger partial charge < -0.3 is 14.4 Å². The van der Waals surface area contributed by atoms with Crippen molar-refractivity contribution >= 4 is 17.6 Å². The summed E-state index contributed by atoms with van der Waals surface area (Å²) < 4.78 is 5.40. The smallest absolute Gasteiger partial charge is 0.318 e. The molecule has 0 saturated carbocycles. The van der Waals surface area contributed by atoms with Crippen LogP contribution < -0.4 is 4.90 Å². The molecule has 1 aromatic heterocycles.